The largest absolute Gasteiger partial charge is 0.494 e. The standard InChI is InChI=1S/C18H27NO2/c1-2-20-17-14-16(18(17)10-6-11-18)19-12-7-13-21-15-8-4-3-5-9-15/h3-5,8-9,16-17,19H,2,6-7,10-14H2,1H3. The van der Waals surface area contributed by atoms with Crippen LogP contribution >= 0.6 is 0 Å². The Morgan fingerprint density at radius 3 is 2.71 bits per heavy atom. The van der Waals surface area contributed by atoms with E-state index < -0.39 is 0 Å². The zero-order valence-electron chi connectivity index (χ0n) is 13.0. The van der Waals surface area contributed by atoms with Crippen LogP contribution in [0.2, 0.25) is 0 Å². The summed E-state index contributed by atoms with van der Waals surface area (Å²) in [4.78, 5) is 0. The van der Waals surface area contributed by atoms with Crippen LogP contribution in [0, 0.1) is 5.41 Å². The summed E-state index contributed by atoms with van der Waals surface area (Å²) in [6.45, 7) is 4.78. The fourth-order valence-corrected chi connectivity index (χ4v) is 3.78. The number of hydrogen-bond donors (Lipinski definition) is 1. The van der Waals surface area contributed by atoms with Crippen molar-refractivity contribution in [1.82, 2.24) is 5.32 Å². The monoisotopic (exact) mass is 289 g/mol. The Morgan fingerprint density at radius 1 is 1.24 bits per heavy atom. The van der Waals surface area contributed by atoms with Crippen molar-refractivity contribution in [1.29, 1.82) is 0 Å². The van der Waals surface area contributed by atoms with E-state index in [0.717, 1.165) is 31.9 Å². The maximum absolute atomic E-state index is 5.89. The number of rotatable bonds is 8. The Labute approximate surface area is 128 Å². The van der Waals surface area contributed by atoms with Gasteiger partial charge in [-0.2, -0.15) is 0 Å². The highest BCUT2D eigenvalue weighted by atomic mass is 16.5. The number of benzene rings is 1. The SMILES string of the molecule is CCOC1CC(NCCCOc2ccccc2)C12CCC2. The molecule has 1 aromatic rings. The molecule has 0 saturated heterocycles. The summed E-state index contributed by atoms with van der Waals surface area (Å²) in [6, 6.07) is 10.7. The van der Waals surface area contributed by atoms with E-state index in [0.29, 0.717) is 17.6 Å². The molecule has 0 bridgehead atoms. The summed E-state index contributed by atoms with van der Waals surface area (Å²) in [5, 5.41) is 3.73. The number of para-hydroxylation sites is 1. The van der Waals surface area contributed by atoms with Crippen molar-refractivity contribution in [3.63, 3.8) is 0 Å². The molecule has 0 aliphatic heterocycles. The quantitative estimate of drug-likeness (QED) is 0.744. The highest BCUT2D eigenvalue weighted by molar-refractivity contribution is 5.20. The van der Waals surface area contributed by atoms with Crippen molar-refractivity contribution in [2.75, 3.05) is 19.8 Å². The molecular weight excluding hydrogens is 262 g/mol. The first kappa shape index (κ1) is 14.9. The molecule has 1 N–H and O–H groups in total. The molecule has 2 atom stereocenters. The molecule has 3 nitrogen and oxygen atoms in total. The van der Waals surface area contributed by atoms with E-state index in [9.17, 15) is 0 Å². The van der Waals surface area contributed by atoms with Crippen molar-refractivity contribution < 1.29 is 9.47 Å². The van der Waals surface area contributed by atoms with E-state index in [1.54, 1.807) is 0 Å². The maximum Gasteiger partial charge on any atom is 0.119 e. The second kappa shape index (κ2) is 6.80. The third kappa shape index (κ3) is 3.09. The minimum atomic E-state index is 0.469. The van der Waals surface area contributed by atoms with Crippen LogP contribution in [0.1, 0.15) is 39.0 Å². The summed E-state index contributed by atoms with van der Waals surface area (Å²) in [5.74, 6) is 0.966. The molecule has 116 valence electrons. The molecule has 2 unspecified atom stereocenters. The zero-order valence-corrected chi connectivity index (χ0v) is 13.0. The number of nitrogens with one attached hydrogen (secondary N) is 1. The van der Waals surface area contributed by atoms with Crippen LogP contribution in [0.15, 0.2) is 30.3 Å². The lowest BCUT2D eigenvalue weighted by molar-refractivity contribution is -0.172. The van der Waals surface area contributed by atoms with Gasteiger partial charge in [-0.1, -0.05) is 24.6 Å². The molecule has 3 rings (SSSR count). The second-order valence-corrected chi connectivity index (χ2v) is 6.29. The van der Waals surface area contributed by atoms with Crippen molar-refractivity contribution in [2.45, 2.75) is 51.2 Å². The first-order valence-corrected chi connectivity index (χ1v) is 8.38. The van der Waals surface area contributed by atoms with E-state index in [1.165, 1.54) is 25.7 Å². The molecule has 1 aromatic carbocycles. The highest BCUT2D eigenvalue weighted by Gasteiger charge is 2.58. The minimum absolute atomic E-state index is 0.469. The summed E-state index contributed by atoms with van der Waals surface area (Å²) in [5.41, 5.74) is 0.469. The molecule has 3 heteroatoms. The molecule has 0 aromatic heterocycles. The zero-order chi connectivity index (χ0) is 14.5. The van der Waals surface area contributed by atoms with Gasteiger partial charge in [-0.3, -0.25) is 0 Å². The molecule has 21 heavy (non-hydrogen) atoms. The topological polar surface area (TPSA) is 30.5 Å². The van der Waals surface area contributed by atoms with E-state index in [-0.39, 0.29) is 0 Å². The van der Waals surface area contributed by atoms with Crippen molar-refractivity contribution in [3.05, 3.63) is 30.3 Å². The predicted molar refractivity (Wildman–Crippen MR) is 84.7 cm³/mol. The Morgan fingerprint density at radius 2 is 2.05 bits per heavy atom. The lowest BCUT2D eigenvalue weighted by Crippen LogP contribution is -2.67. The van der Waals surface area contributed by atoms with Crippen LogP contribution in [-0.4, -0.2) is 31.9 Å². The van der Waals surface area contributed by atoms with Gasteiger partial charge in [0.2, 0.25) is 0 Å². The smallest absolute Gasteiger partial charge is 0.119 e. The van der Waals surface area contributed by atoms with Crippen LogP contribution in [0.25, 0.3) is 0 Å². The Balaban J connectivity index is 1.33. The predicted octanol–water partition coefficient (Wildman–Crippen LogP) is 3.39. The average molecular weight is 289 g/mol. The van der Waals surface area contributed by atoms with E-state index in [1.807, 2.05) is 30.3 Å². The Hall–Kier alpha value is -1.06. The molecule has 2 saturated carbocycles. The fraction of sp³-hybridized carbons (Fsp3) is 0.667. The van der Waals surface area contributed by atoms with E-state index >= 15 is 0 Å². The van der Waals surface area contributed by atoms with Gasteiger partial charge in [0.25, 0.3) is 0 Å². The van der Waals surface area contributed by atoms with Crippen LogP contribution in [-0.2, 0) is 4.74 Å². The lowest BCUT2D eigenvalue weighted by Gasteiger charge is -2.61. The van der Waals surface area contributed by atoms with Crippen molar-refractivity contribution in [2.24, 2.45) is 5.41 Å². The molecule has 0 radical (unpaired) electrons. The van der Waals surface area contributed by atoms with Gasteiger partial charge < -0.3 is 14.8 Å². The van der Waals surface area contributed by atoms with Gasteiger partial charge in [0.1, 0.15) is 5.75 Å². The first-order valence-electron chi connectivity index (χ1n) is 8.38. The van der Waals surface area contributed by atoms with E-state index in [2.05, 4.69) is 12.2 Å². The highest BCUT2D eigenvalue weighted by Crippen LogP contribution is 2.57. The van der Waals surface area contributed by atoms with Gasteiger partial charge in [-0.25, -0.2) is 0 Å². The molecule has 2 fully saturated rings. The van der Waals surface area contributed by atoms with Gasteiger partial charge in [0.15, 0.2) is 0 Å². The third-order valence-corrected chi connectivity index (χ3v) is 5.16. The molecule has 0 heterocycles. The van der Waals surface area contributed by atoms with Gasteiger partial charge in [-0.05, 0) is 51.3 Å². The summed E-state index contributed by atoms with van der Waals surface area (Å²) in [7, 11) is 0. The van der Waals surface area contributed by atoms with Crippen molar-refractivity contribution in [3.8, 4) is 5.75 Å². The van der Waals surface area contributed by atoms with Crippen LogP contribution < -0.4 is 10.1 Å². The lowest BCUT2D eigenvalue weighted by atomic mass is 9.51. The summed E-state index contributed by atoms with van der Waals surface area (Å²) < 4.78 is 11.6. The first-order chi connectivity index (χ1) is 10.3. The summed E-state index contributed by atoms with van der Waals surface area (Å²) >= 11 is 0. The minimum Gasteiger partial charge on any atom is -0.494 e. The number of ether oxygens (including phenoxy) is 2. The Kier molecular flexibility index (Phi) is 4.81. The third-order valence-electron chi connectivity index (χ3n) is 5.16. The molecule has 2 aliphatic carbocycles. The van der Waals surface area contributed by atoms with Crippen molar-refractivity contribution >= 4 is 0 Å². The maximum atomic E-state index is 5.89. The molecule has 2 aliphatic rings. The normalized spacial score (nSPS) is 26.1. The van der Waals surface area contributed by atoms with Gasteiger partial charge in [0, 0.05) is 18.1 Å². The van der Waals surface area contributed by atoms with Gasteiger partial charge in [-0.15, -0.1) is 0 Å². The Bertz CT molecular complexity index is 430. The summed E-state index contributed by atoms with van der Waals surface area (Å²) in [6.07, 6.45) is 6.81. The fourth-order valence-electron chi connectivity index (χ4n) is 3.78. The number of hydrogen-bond acceptors (Lipinski definition) is 3. The van der Waals surface area contributed by atoms with E-state index in [4.69, 9.17) is 9.47 Å². The van der Waals surface area contributed by atoms with Crippen LogP contribution in [0.3, 0.4) is 0 Å². The van der Waals surface area contributed by atoms with Gasteiger partial charge in [0.05, 0.1) is 12.7 Å². The molecular formula is C18H27NO2. The second-order valence-electron chi connectivity index (χ2n) is 6.29. The molecule has 0 amide bonds. The van der Waals surface area contributed by atoms with Crippen LogP contribution in [0.5, 0.6) is 5.75 Å². The van der Waals surface area contributed by atoms with Crippen LogP contribution in [0.4, 0.5) is 0 Å². The molecule has 1 spiro atoms. The van der Waals surface area contributed by atoms with Gasteiger partial charge >= 0.3 is 0 Å². The average Bonchev–Trinajstić information content (AvgIpc) is 2.44.